The third-order valence-corrected chi connectivity index (χ3v) is 1.67. The Kier molecular flexibility index (Phi) is 0.543. The highest BCUT2D eigenvalue weighted by atomic mass is 15.3. The van der Waals surface area contributed by atoms with Gasteiger partial charge in [-0.2, -0.15) is 0 Å². The minimum absolute atomic E-state index is 0.844. The van der Waals surface area contributed by atoms with E-state index in [1.807, 2.05) is 0 Å². The molecule has 0 aromatic carbocycles. The number of fused-ring (bicyclic) bond motifs is 2. The van der Waals surface area contributed by atoms with Crippen LogP contribution in [0.1, 0.15) is 38.1 Å². The maximum Gasteiger partial charge on any atom is 0.0481 e. The fourth-order valence-electron chi connectivity index (χ4n) is 1.14. The standard InChI is InChI=1S/C9H18N2/c1-9(2,3)11-6-7-4-8(11)5-10-7/h7-8,10H,4-6H2,1-3H3/t7-,8-/m1/s1/i4D2,5D2,6D2,7D,8D. The van der Waals surface area contributed by atoms with Crippen molar-refractivity contribution in [3.8, 4) is 0 Å². The van der Waals surface area contributed by atoms with Gasteiger partial charge in [0.25, 0.3) is 0 Å². The monoisotopic (exact) mass is 162 g/mol. The number of piperazine rings is 1. The third kappa shape index (κ3) is 1.18. The Bertz CT molecular complexity index is 430. The molecule has 0 saturated carbocycles. The predicted molar refractivity (Wildman–Crippen MR) is 46.7 cm³/mol. The molecule has 0 amide bonds. The van der Waals surface area contributed by atoms with Gasteiger partial charge in [0, 0.05) is 41.5 Å². The van der Waals surface area contributed by atoms with Crippen LogP contribution in [0.5, 0.6) is 0 Å². The number of nitrogens with one attached hydrogen (secondary N) is 1. The van der Waals surface area contributed by atoms with E-state index in [2.05, 4.69) is 5.32 Å². The third-order valence-electron chi connectivity index (χ3n) is 1.67. The van der Waals surface area contributed by atoms with Gasteiger partial charge in [0.2, 0.25) is 0 Å². The molecule has 2 saturated heterocycles. The SMILES string of the molecule is [2H]C1([2H])N(C(C)(C)C)[C@@]2([2H])C([2H])([2H])N[C@]1([2H])C2([2H])[2H]. The summed E-state index contributed by atoms with van der Waals surface area (Å²) in [6.07, 6.45) is -2.71. The molecule has 0 radical (unpaired) electrons. The van der Waals surface area contributed by atoms with E-state index < -0.39 is 36.9 Å². The lowest BCUT2D eigenvalue weighted by Crippen LogP contribution is -2.52. The van der Waals surface area contributed by atoms with Crippen molar-refractivity contribution in [3.63, 3.8) is 0 Å². The van der Waals surface area contributed by atoms with Gasteiger partial charge in [-0.1, -0.05) is 0 Å². The van der Waals surface area contributed by atoms with Gasteiger partial charge in [-0.25, -0.2) is 0 Å². The van der Waals surface area contributed by atoms with Crippen LogP contribution in [0.4, 0.5) is 0 Å². The zero-order valence-electron chi connectivity index (χ0n) is 14.9. The zero-order chi connectivity index (χ0) is 15.3. The zero-order valence-corrected chi connectivity index (χ0v) is 6.95. The molecule has 0 spiro atoms. The summed E-state index contributed by atoms with van der Waals surface area (Å²) in [6, 6.07) is -5.07. The Morgan fingerprint density at radius 1 is 1.64 bits per heavy atom. The maximum atomic E-state index is 8.32. The maximum absolute atomic E-state index is 8.32. The molecule has 0 unspecified atom stereocenters. The van der Waals surface area contributed by atoms with Crippen molar-refractivity contribution < 1.29 is 11.0 Å². The summed E-state index contributed by atoms with van der Waals surface area (Å²) in [4.78, 5) is 0.844. The van der Waals surface area contributed by atoms with Crippen molar-refractivity contribution in [2.75, 3.05) is 13.0 Å². The molecular weight excluding hydrogens is 136 g/mol. The average molecular weight is 162 g/mol. The summed E-state index contributed by atoms with van der Waals surface area (Å²) < 4.78 is 64.2. The summed E-state index contributed by atoms with van der Waals surface area (Å²) in [5.41, 5.74) is -1.00. The van der Waals surface area contributed by atoms with Crippen molar-refractivity contribution in [1.82, 2.24) is 10.2 Å². The number of rotatable bonds is 0. The van der Waals surface area contributed by atoms with Crippen LogP contribution < -0.4 is 5.32 Å². The first kappa shape index (κ1) is 2.71. The summed E-state index contributed by atoms with van der Waals surface area (Å²) in [6.45, 7) is -0.300. The first-order valence-corrected chi connectivity index (χ1v) is 3.67. The van der Waals surface area contributed by atoms with Gasteiger partial charge < -0.3 is 5.32 Å². The summed E-state index contributed by atoms with van der Waals surface area (Å²) in [5, 5.41) is 2.05. The quantitative estimate of drug-likeness (QED) is 0.567. The molecule has 2 heteroatoms. The second kappa shape index (κ2) is 2.20. The van der Waals surface area contributed by atoms with E-state index in [-0.39, 0.29) is 0 Å². The largest absolute Gasteiger partial charge is 0.311 e. The van der Waals surface area contributed by atoms with Gasteiger partial charge >= 0.3 is 0 Å². The van der Waals surface area contributed by atoms with E-state index in [4.69, 9.17) is 11.0 Å². The van der Waals surface area contributed by atoms with Gasteiger partial charge in [-0.05, 0) is 27.1 Å². The molecule has 0 aromatic heterocycles. The molecular formula is C9H18N2. The molecule has 2 fully saturated rings. The van der Waals surface area contributed by atoms with Gasteiger partial charge in [-0.15, -0.1) is 0 Å². The Labute approximate surface area is 80.2 Å². The summed E-state index contributed by atoms with van der Waals surface area (Å²) >= 11 is 0. The molecule has 2 atom stereocenters. The van der Waals surface area contributed by atoms with Crippen LogP contribution in [0.25, 0.3) is 0 Å². The normalized spacial score (nSPS) is 76.3. The van der Waals surface area contributed by atoms with Crippen LogP contribution in [0.2, 0.25) is 0 Å². The molecule has 1 N–H and O–H groups in total. The molecule has 2 aliphatic heterocycles. The summed E-state index contributed by atoms with van der Waals surface area (Å²) in [7, 11) is 0. The second-order valence-electron chi connectivity index (χ2n) is 3.72. The van der Waals surface area contributed by atoms with Crippen molar-refractivity contribution in [2.45, 2.75) is 44.7 Å². The molecule has 2 bridgehead atoms. The van der Waals surface area contributed by atoms with Gasteiger partial charge in [0.05, 0.1) is 0 Å². The number of nitrogens with zero attached hydrogens (tertiary/aromatic N) is 1. The Balaban J connectivity index is 2.80. The lowest BCUT2D eigenvalue weighted by Gasteiger charge is -2.38. The Morgan fingerprint density at radius 2 is 2.36 bits per heavy atom. The smallest absolute Gasteiger partial charge is 0.0481 e. The molecule has 0 aromatic rings. The van der Waals surface area contributed by atoms with E-state index in [1.165, 1.54) is 0 Å². The first-order valence-electron chi connectivity index (χ1n) is 7.67. The minimum Gasteiger partial charge on any atom is -0.311 e. The number of hydrogen-bond acceptors (Lipinski definition) is 2. The highest BCUT2D eigenvalue weighted by Crippen LogP contribution is 2.29. The predicted octanol–water partition coefficient (Wildman–Crippen LogP) is 0.831. The van der Waals surface area contributed by atoms with E-state index >= 15 is 0 Å². The van der Waals surface area contributed by atoms with E-state index in [0.29, 0.717) is 0 Å². The first-order chi connectivity index (χ1) is 8.07. The Hall–Kier alpha value is -0.0800. The minimum atomic E-state index is -2.71. The molecule has 11 heavy (non-hydrogen) atoms. The highest BCUT2D eigenvalue weighted by Gasteiger charge is 2.41. The average Bonchev–Trinajstić information content (AvgIpc) is 2.25. The topological polar surface area (TPSA) is 15.3 Å². The van der Waals surface area contributed by atoms with Crippen molar-refractivity contribution in [1.29, 1.82) is 0 Å². The fourth-order valence-corrected chi connectivity index (χ4v) is 1.14. The highest BCUT2D eigenvalue weighted by molar-refractivity contribution is 5.01. The van der Waals surface area contributed by atoms with Crippen LogP contribution in [-0.2, 0) is 0 Å². The lowest BCUT2D eigenvalue weighted by atomic mass is 10.0. The number of likely N-dealkylation sites (tertiary alicyclic amines) is 1. The molecule has 64 valence electrons. The van der Waals surface area contributed by atoms with Crippen molar-refractivity contribution >= 4 is 0 Å². The van der Waals surface area contributed by atoms with Crippen LogP contribution in [0.3, 0.4) is 0 Å². The molecule has 2 heterocycles. The van der Waals surface area contributed by atoms with Crippen LogP contribution in [0, 0.1) is 0 Å². The van der Waals surface area contributed by atoms with E-state index in [9.17, 15) is 0 Å². The van der Waals surface area contributed by atoms with Gasteiger partial charge in [-0.3, -0.25) is 4.90 Å². The fraction of sp³-hybridized carbons (Fsp3) is 1.00. The van der Waals surface area contributed by atoms with Crippen LogP contribution in [0.15, 0.2) is 0 Å². The van der Waals surface area contributed by atoms with Crippen LogP contribution >= 0.6 is 0 Å². The number of hydrogen-bond donors (Lipinski definition) is 1. The lowest BCUT2D eigenvalue weighted by molar-refractivity contribution is 0.106. The molecule has 0 aliphatic carbocycles. The molecule has 2 aliphatic rings. The Morgan fingerprint density at radius 3 is 2.82 bits per heavy atom. The molecule has 2 nitrogen and oxygen atoms in total. The summed E-state index contributed by atoms with van der Waals surface area (Å²) in [5.74, 6) is 0. The van der Waals surface area contributed by atoms with E-state index in [1.54, 1.807) is 20.8 Å². The van der Waals surface area contributed by atoms with Crippen LogP contribution in [-0.4, -0.2) is 35.5 Å². The second-order valence-corrected chi connectivity index (χ2v) is 3.72. The van der Waals surface area contributed by atoms with Crippen molar-refractivity contribution in [3.05, 3.63) is 0 Å². The molecule has 2 rings (SSSR count). The van der Waals surface area contributed by atoms with Crippen molar-refractivity contribution in [2.24, 2.45) is 0 Å². The van der Waals surface area contributed by atoms with E-state index in [0.717, 1.165) is 4.90 Å². The van der Waals surface area contributed by atoms with Gasteiger partial charge in [0.15, 0.2) is 0 Å². The van der Waals surface area contributed by atoms with Gasteiger partial charge in [0.1, 0.15) is 0 Å².